The van der Waals surface area contributed by atoms with Crippen molar-refractivity contribution in [3.05, 3.63) is 46.9 Å². The predicted molar refractivity (Wildman–Crippen MR) is 125 cm³/mol. The van der Waals surface area contributed by atoms with Crippen molar-refractivity contribution in [1.29, 1.82) is 0 Å². The third-order valence-corrected chi connectivity index (χ3v) is 7.60. The van der Waals surface area contributed by atoms with E-state index in [1.807, 2.05) is 12.1 Å². The fourth-order valence-electron chi connectivity index (χ4n) is 4.22. The van der Waals surface area contributed by atoms with Gasteiger partial charge in [0.05, 0.1) is 28.8 Å². The van der Waals surface area contributed by atoms with Gasteiger partial charge in [-0.2, -0.15) is 13.2 Å². The van der Waals surface area contributed by atoms with Crippen molar-refractivity contribution in [3.8, 4) is 10.4 Å². The number of benzene rings is 1. The molecule has 178 valence electrons. The van der Waals surface area contributed by atoms with E-state index in [4.69, 9.17) is 9.72 Å². The minimum absolute atomic E-state index is 0.0784. The summed E-state index contributed by atoms with van der Waals surface area (Å²) in [6.07, 6.45) is 1.32. The molecule has 0 atom stereocenters. The van der Waals surface area contributed by atoms with Gasteiger partial charge < -0.3 is 15.0 Å². The number of halogens is 3. The molecule has 6 nitrogen and oxygen atoms in total. The van der Waals surface area contributed by atoms with Crippen molar-refractivity contribution in [3.63, 3.8) is 0 Å². The van der Waals surface area contributed by atoms with Crippen molar-refractivity contribution in [1.82, 2.24) is 15.0 Å². The summed E-state index contributed by atoms with van der Waals surface area (Å²) < 4.78 is 45.0. The number of hydrogen-bond donors (Lipinski definition) is 1. The number of thiazole rings is 1. The van der Waals surface area contributed by atoms with E-state index in [2.05, 4.69) is 26.3 Å². The van der Waals surface area contributed by atoms with Crippen LogP contribution in [0.4, 0.5) is 30.5 Å². The Kier molecular flexibility index (Phi) is 5.44. The van der Waals surface area contributed by atoms with Crippen LogP contribution < -0.4 is 10.2 Å². The minimum Gasteiger partial charge on any atom is -0.378 e. The van der Waals surface area contributed by atoms with Gasteiger partial charge in [0.25, 0.3) is 0 Å². The highest BCUT2D eigenvalue weighted by molar-refractivity contribution is 7.15. The molecule has 0 unspecified atom stereocenters. The number of aromatic nitrogens is 3. The van der Waals surface area contributed by atoms with Crippen LogP contribution >= 0.6 is 11.3 Å². The Morgan fingerprint density at radius 1 is 1.00 bits per heavy atom. The maximum absolute atomic E-state index is 13.2. The maximum atomic E-state index is 13.2. The van der Waals surface area contributed by atoms with Gasteiger partial charge in [-0.05, 0) is 55.5 Å². The smallest absolute Gasteiger partial charge is 0.378 e. The van der Waals surface area contributed by atoms with Crippen molar-refractivity contribution in [2.24, 2.45) is 0 Å². The van der Waals surface area contributed by atoms with Crippen LogP contribution in [0.3, 0.4) is 0 Å². The number of nitrogens with one attached hydrogen (secondary N) is 1. The van der Waals surface area contributed by atoms with Crippen LogP contribution in [0, 0.1) is 0 Å². The molecule has 0 amide bonds. The SMILES string of the molecule is FC(F)(F)c1ccnc(Nc2cc(-c3sc(C4CC4)nc3C3CC3)cc(N3CCOCC3)c2)n1. The number of alkyl halides is 3. The molecular formula is C24H24F3N5OS. The number of rotatable bonds is 6. The molecule has 0 bridgehead atoms. The van der Waals surface area contributed by atoms with Gasteiger partial charge in [-0.25, -0.2) is 15.0 Å². The third kappa shape index (κ3) is 4.61. The molecule has 2 aliphatic carbocycles. The van der Waals surface area contributed by atoms with Gasteiger partial charge in [0.2, 0.25) is 5.95 Å². The van der Waals surface area contributed by atoms with Crippen molar-refractivity contribution < 1.29 is 17.9 Å². The van der Waals surface area contributed by atoms with E-state index >= 15 is 0 Å². The van der Waals surface area contributed by atoms with Crippen molar-refractivity contribution >= 4 is 28.7 Å². The topological polar surface area (TPSA) is 63.2 Å². The molecule has 0 radical (unpaired) electrons. The molecule has 1 aromatic carbocycles. The van der Waals surface area contributed by atoms with Crippen LogP contribution in [-0.4, -0.2) is 41.3 Å². The quantitative estimate of drug-likeness (QED) is 0.463. The molecule has 3 heterocycles. The first-order valence-corrected chi connectivity index (χ1v) is 12.4. The van der Waals surface area contributed by atoms with E-state index < -0.39 is 11.9 Å². The van der Waals surface area contributed by atoms with Crippen LogP contribution in [0.2, 0.25) is 0 Å². The number of anilines is 3. The van der Waals surface area contributed by atoms with Gasteiger partial charge in [0.15, 0.2) is 0 Å². The fourth-order valence-corrected chi connectivity index (χ4v) is 5.53. The van der Waals surface area contributed by atoms with Crippen LogP contribution in [0.1, 0.15) is 53.9 Å². The van der Waals surface area contributed by atoms with Crippen LogP contribution in [-0.2, 0) is 10.9 Å². The van der Waals surface area contributed by atoms with Gasteiger partial charge in [-0.3, -0.25) is 0 Å². The Morgan fingerprint density at radius 3 is 2.47 bits per heavy atom. The molecule has 1 N–H and O–H groups in total. The Bertz CT molecular complexity index is 1200. The molecule has 3 fully saturated rings. The largest absolute Gasteiger partial charge is 0.433 e. The van der Waals surface area contributed by atoms with E-state index in [9.17, 15) is 13.2 Å². The van der Waals surface area contributed by atoms with Gasteiger partial charge in [-0.1, -0.05) is 0 Å². The molecule has 2 aromatic heterocycles. The third-order valence-electron chi connectivity index (χ3n) is 6.32. The van der Waals surface area contributed by atoms with E-state index in [0.29, 0.717) is 30.7 Å². The summed E-state index contributed by atoms with van der Waals surface area (Å²) in [6.45, 7) is 2.80. The Labute approximate surface area is 199 Å². The Balaban J connectivity index is 1.40. The zero-order valence-electron chi connectivity index (χ0n) is 18.4. The van der Waals surface area contributed by atoms with E-state index in [-0.39, 0.29) is 5.95 Å². The maximum Gasteiger partial charge on any atom is 0.433 e. The zero-order chi connectivity index (χ0) is 23.3. The minimum atomic E-state index is -4.53. The van der Waals surface area contributed by atoms with Gasteiger partial charge in [0.1, 0.15) is 5.69 Å². The lowest BCUT2D eigenvalue weighted by Crippen LogP contribution is -2.36. The molecule has 6 rings (SSSR count). The summed E-state index contributed by atoms with van der Waals surface area (Å²) in [6, 6.07) is 6.96. The number of hydrogen-bond acceptors (Lipinski definition) is 7. The standard InChI is InChI=1S/C24H24F3N5OS/c25-24(26,27)19-5-6-28-23(30-19)29-17-11-16(12-18(13-17)32-7-9-33-10-8-32)21-20(14-1-2-14)31-22(34-21)15-3-4-15/h5-6,11-15H,1-4,7-10H2,(H,28,29,30). The van der Waals surface area contributed by atoms with Crippen molar-refractivity contribution in [2.75, 3.05) is 36.5 Å². The molecule has 2 saturated carbocycles. The molecule has 3 aromatic rings. The first-order valence-electron chi connectivity index (χ1n) is 11.6. The highest BCUT2D eigenvalue weighted by atomic mass is 32.1. The lowest BCUT2D eigenvalue weighted by molar-refractivity contribution is -0.141. The van der Waals surface area contributed by atoms with Gasteiger partial charge in [-0.15, -0.1) is 11.3 Å². The average Bonchev–Trinajstić information content (AvgIpc) is 3.77. The summed E-state index contributed by atoms with van der Waals surface area (Å²) in [5, 5.41) is 4.23. The average molecular weight is 488 g/mol. The molecule has 0 spiro atoms. The lowest BCUT2D eigenvalue weighted by Gasteiger charge is -2.29. The first-order chi connectivity index (χ1) is 16.4. The van der Waals surface area contributed by atoms with E-state index in [1.54, 1.807) is 11.3 Å². The molecule has 1 aliphatic heterocycles. The van der Waals surface area contributed by atoms with Gasteiger partial charge >= 0.3 is 6.18 Å². The molecule has 1 saturated heterocycles. The van der Waals surface area contributed by atoms with Crippen LogP contribution in [0.25, 0.3) is 10.4 Å². The normalized spacial score (nSPS) is 18.9. The molecule has 3 aliphatic rings. The number of ether oxygens (including phenoxy) is 1. The summed E-state index contributed by atoms with van der Waals surface area (Å²) in [5.41, 5.74) is 2.89. The summed E-state index contributed by atoms with van der Waals surface area (Å²) in [5.74, 6) is 1.01. The zero-order valence-corrected chi connectivity index (χ0v) is 19.3. The summed E-state index contributed by atoms with van der Waals surface area (Å²) in [4.78, 5) is 16.1. The molecule has 10 heteroatoms. The summed E-state index contributed by atoms with van der Waals surface area (Å²) >= 11 is 1.77. The van der Waals surface area contributed by atoms with E-state index in [0.717, 1.165) is 49.4 Å². The fraction of sp³-hybridized carbons (Fsp3) is 0.458. The first kappa shape index (κ1) is 21.8. The Morgan fingerprint density at radius 2 is 1.76 bits per heavy atom. The highest BCUT2D eigenvalue weighted by Crippen LogP contribution is 2.51. The second-order valence-electron chi connectivity index (χ2n) is 9.07. The van der Waals surface area contributed by atoms with Crippen molar-refractivity contribution in [2.45, 2.75) is 43.7 Å². The van der Waals surface area contributed by atoms with E-state index in [1.165, 1.54) is 28.4 Å². The Hall–Kier alpha value is -2.72. The predicted octanol–water partition coefficient (Wildman–Crippen LogP) is 5.95. The second-order valence-corrected chi connectivity index (χ2v) is 10.1. The van der Waals surface area contributed by atoms with Crippen LogP contribution in [0.15, 0.2) is 30.5 Å². The molecule has 34 heavy (non-hydrogen) atoms. The van der Waals surface area contributed by atoms with Gasteiger partial charge in [0, 0.05) is 42.5 Å². The lowest BCUT2D eigenvalue weighted by atomic mass is 10.1. The van der Waals surface area contributed by atoms with Crippen LogP contribution in [0.5, 0.6) is 0 Å². The monoisotopic (exact) mass is 487 g/mol. The number of nitrogens with zero attached hydrogens (tertiary/aromatic N) is 4. The second kappa shape index (κ2) is 8.49. The molecular weight excluding hydrogens is 463 g/mol. The highest BCUT2D eigenvalue weighted by Gasteiger charge is 2.35. The summed E-state index contributed by atoms with van der Waals surface area (Å²) in [7, 11) is 0. The number of morpholine rings is 1.